The number of aliphatic carboxylic acids is 1. The van der Waals surface area contributed by atoms with Crippen LogP contribution in [0.1, 0.15) is 27.4 Å². The van der Waals surface area contributed by atoms with Crippen molar-refractivity contribution in [3.05, 3.63) is 71.3 Å². The number of halogens is 3. The third-order valence-electron chi connectivity index (χ3n) is 4.59. The number of rotatable bonds is 3. The summed E-state index contributed by atoms with van der Waals surface area (Å²) >= 11 is 0. The molecule has 0 unspecified atom stereocenters. The maximum absolute atomic E-state index is 12.9. The van der Waals surface area contributed by atoms with Crippen molar-refractivity contribution in [3.8, 4) is 0 Å². The van der Waals surface area contributed by atoms with Crippen LogP contribution >= 0.6 is 0 Å². The Bertz CT molecular complexity index is 820. The molecule has 2 aromatic carbocycles. The van der Waals surface area contributed by atoms with E-state index in [-0.39, 0.29) is 18.7 Å². The van der Waals surface area contributed by atoms with Gasteiger partial charge in [0.25, 0.3) is 5.91 Å². The molecule has 1 heterocycles. The average molecular weight is 363 g/mol. The van der Waals surface area contributed by atoms with Crippen LogP contribution in [0.2, 0.25) is 0 Å². The molecular weight excluding hydrogens is 347 g/mol. The third kappa shape index (κ3) is 3.56. The highest BCUT2D eigenvalue weighted by Gasteiger charge is 2.41. The molecule has 1 aliphatic heterocycles. The molecule has 1 amide bonds. The van der Waals surface area contributed by atoms with Crippen LogP contribution in [-0.4, -0.2) is 35.0 Å². The first kappa shape index (κ1) is 18.0. The van der Waals surface area contributed by atoms with Crippen molar-refractivity contribution in [1.82, 2.24) is 4.90 Å². The molecule has 1 saturated heterocycles. The number of likely N-dealkylation sites (tertiary alicyclic amines) is 1. The molecule has 2 aromatic rings. The Hall–Kier alpha value is -2.83. The summed E-state index contributed by atoms with van der Waals surface area (Å²) < 4.78 is 38.6. The molecule has 0 radical (unpaired) electrons. The van der Waals surface area contributed by atoms with E-state index in [0.717, 1.165) is 17.7 Å². The van der Waals surface area contributed by atoms with Gasteiger partial charge in [-0.05, 0) is 23.8 Å². The Kier molecular flexibility index (Phi) is 4.71. The van der Waals surface area contributed by atoms with Gasteiger partial charge in [-0.3, -0.25) is 9.59 Å². The van der Waals surface area contributed by atoms with Gasteiger partial charge in [-0.1, -0.05) is 36.4 Å². The van der Waals surface area contributed by atoms with Crippen LogP contribution in [0.15, 0.2) is 54.6 Å². The quantitative estimate of drug-likeness (QED) is 0.906. The number of hydrogen-bond acceptors (Lipinski definition) is 2. The molecule has 7 heteroatoms. The second-order valence-corrected chi connectivity index (χ2v) is 6.25. The minimum atomic E-state index is -4.54. The Morgan fingerprint density at radius 2 is 1.69 bits per heavy atom. The summed E-state index contributed by atoms with van der Waals surface area (Å²) in [5, 5.41) is 9.48. The van der Waals surface area contributed by atoms with Crippen molar-refractivity contribution in [1.29, 1.82) is 0 Å². The highest BCUT2D eigenvalue weighted by atomic mass is 19.4. The fraction of sp³-hybridized carbons (Fsp3) is 0.263. The highest BCUT2D eigenvalue weighted by molar-refractivity contribution is 5.95. The van der Waals surface area contributed by atoms with E-state index in [2.05, 4.69) is 0 Å². The molecule has 26 heavy (non-hydrogen) atoms. The number of carboxylic acid groups (broad SMARTS) is 1. The number of carbonyl (C=O) groups excluding carboxylic acids is 1. The van der Waals surface area contributed by atoms with E-state index in [1.54, 1.807) is 30.3 Å². The molecule has 0 aliphatic carbocycles. The van der Waals surface area contributed by atoms with Crippen LogP contribution in [0, 0.1) is 5.92 Å². The monoisotopic (exact) mass is 363 g/mol. The van der Waals surface area contributed by atoms with Crippen LogP contribution in [0.5, 0.6) is 0 Å². The van der Waals surface area contributed by atoms with E-state index in [1.165, 1.54) is 17.0 Å². The number of hydrogen-bond donors (Lipinski definition) is 1. The summed E-state index contributed by atoms with van der Waals surface area (Å²) in [4.78, 5) is 25.5. The second-order valence-electron chi connectivity index (χ2n) is 6.25. The normalized spacial score (nSPS) is 20.2. The van der Waals surface area contributed by atoms with Crippen LogP contribution in [0.4, 0.5) is 13.2 Å². The first-order chi connectivity index (χ1) is 12.3. The van der Waals surface area contributed by atoms with Crippen molar-refractivity contribution >= 4 is 11.9 Å². The third-order valence-corrected chi connectivity index (χ3v) is 4.59. The van der Waals surface area contributed by atoms with Crippen molar-refractivity contribution in [2.45, 2.75) is 12.1 Å². The van der Waals surface area contributed by atoms with Gasteiger partial charge in [-0.15, -0.1) is 0 Å². The summed E-state index contributed by atoms with van der Waals surface area (Å²) in [5.41, 5.74) is -0.214. The van der Waals surface area contributed by atoms with Gasteiger partial charge in [0.05, 0.1) is 11.5 Å². The Balaban J connectivity index is 1.86. The molecule has 2 atom stereocenters. The Morgan fingerprint density at radius 3 is 2.31 bits per heavy atom. The van der Waals surface area contributed by atoms with E-state index in [1.807, 2.05) is 0 Å². The predicted molar refractivity (Wildman–Crippen MR) is 87.7 cm³/mol. The van der Waals surface area contributed by atoms with Crippen LogP contribution in [-0.2, 0) is 11.0 Å². The maximum Gasteiger partial charge on any atom is 0.416 e. The van der Waals surface area contributed by atoms with Gasteiger partial charge in [0.15, 0.2) is 0 Å². The van der Waals surface area contributed by atoms with E-state index >= 15 is 0 Å². The van der Waals surface area contributed by atoms with E-state index in [9.17, 15) is 27.9 Å². The molecule has 3 rings (SSSR count). The molecule has 1 N–H and O–H groups in total. The van der Waals surface area contributed by atoms with Gasteiger partial charge in [0, 0.05) is 24.6 Å². The SMILES string of the molecule is O=C(O)[C@@H]1CN(C(=O)c2cccc(C(F)(F)F)c2)C[C@@H]1c1ccccc1. The molecule has 0 bridgehead atoms. The lowest BCUT2D eigenvalue weighted by Crippen LogP contribution is -2.30. The lowest BCUT2D eigenvalue weighted by Gasteiger charge is -2.17. The fourth-order valence-electron chi connectivity index (χ4n) is 3.27. The molecule has 136 valence electrons. The second kappa shape index (κ2) is 6.82. The van der Waals surface area contributed by atoms with Gasteiger partial charge in [0.1, 0.15) is 0 Å². The largest absolute Gasteiger partial charge is 0.481 e. The van der Waals surface area contributed by atoms with Gasteiger partial charge in [-0.25, -0.2) is 0 Å². The maximum atomic E-state index is 12.9. The highest BCUT2D eigenvalue weighted by Crippen LogP contribution is 2.34. The molecule has 1 aliphatic rings. The van der Waals surface area contributed by atoms with E-state index in [4.69, 9.17) is 0 Å². The molecule has 0 aromatic heterocycles. The van der Waals surface area contributed by atoms with Crippen molar-refractivity contribution in [2.24, 2.45) is 5.92 Å². The van der Waals surface area contributed by atoms with Gasteiger partial charge in [0.2, 0.25) is 0 Å². The summed E-state index contributed by atoms with van der Waals surface area (Å²) in [6, 6.07) is 13.1. The van der Waals surface area contributed by atoms with Crippen molar-refractivity contribution in [2.75, 3.05) is 13.1 Å². The minimum Gasteiger partial charge on any atom is -0.481 e. The molecule has 1 fully saturated rings. The summed E-state index contributed by atoms with van der Waals surface area (Å²) in [6.07, 6.45) is -4.54. The molecule has 4 nitrogen and oxygen atoms in total. The zero-order chi connectivity index (χ0) is 18.9. The summed E-state index contributed by atoms with van der Waals surface area (Å²) in [7, 11) is 0. The van der Waals surface area contributed by atoms with Gasteiger partial charge < -0.3 is 10.0 Å². The van der Waals surface area contributed by atoms with Gasteiger partial charge >= 0.3 is 12.1 Å². The topological polar surface area (TPSA) is 57.6 Å². The zero-order valence-electron chi connectivity index (χ0n) is 13.6. The first-order valence-corrected chi connectivity index (χ1v) is 8.01. The Labute approximate surface area is 147 Å². The molecular formula is C19H16F3NO3. The zero-order valence-corrected chi connectivity index (χ0v) is 13.6. The van der Waals surface area contributed by atoms with Crippen LogP contribution in [0.25, 0.3) is 0 Å². The van der Waals surface area contributed by atoms with Crippen molar-refractivity contribution < 1.29 is 27.9 Å². The standard InChI is InChI=1S/C19H16F3NO3/c20-19(21,22)14-8-4-7-13(9-14)17(24)23-10-15(16(11-23)18(25)26)12-5-2-1-3-6-12/h1-9,15-16H,10-11H2,(H,25,26)/t15-,16-/m1/s1. The number of amides is 1. The minimum absolute atomic E-state index is 0.0377. The molecule has 0 saturated carbocycles. The predicted octanol–water partition coefficient (Wildman–Crippen LogP) is 3.65. The number of carboxylic acids is 1. The lowest BCUT2D eigenvalue weighted by molar-refractivity contribution is -0.141. The van der Waals surface area contributed by atoms with E-state index < -0.39 is 35.5 Å². The van der Waals surface area contributed by atoms with Crippen LogP contribution in [0.3, 0.4) is 0 Å². The average Bonchev–Trinajstić information content (AvgIpc) is 3.07. The van der Waals surface area contributed by atoms with Crippen LogP contribution < -0.4 is 0 Å². The summed E-state index contributed by atoms with van der Waals surface area (Å²) in [5.74, 6) is -2.82. The number of benzene rings is 2. The smallest absolute Gasteiger partial charge is 0.416 e. The summed E-state index contributed by atoms with van der Waals surface area (Å²) in [6.45, 7) is 0.111. The number of nitrogens with zero attached hydrogens (tertiary/aromatic N) is 1. The first-order valence-electron chi connectivity index (χ1n) is 8.01. The molecule has 0 spiro atoms. The van der Waals surface area contributed by atoms with Gasteiger partial charge in [-0.2, -0.15) is 13.2 Å². The lowest BCUT2D eigenvalue weighted by atomic mass is 9.89. The Morgan fingerprint density at radius 1 is 1.00 bits per heavy atom. The number of alkyl halides is 3. The van der Waals surface area contributed by atoms with E-state index in [0.29, 0.717) is 0 Å². The fourth-order valence-corrected chi connectivity index (χ4v) is 3.27. The van der Waals surface area contributed by atoms with Crippen molar-refractivity contribution in [3.63, 3.8) is 0 Å². The number of carbonyl (C=O) groups is 2.